The van der Waals surface area contributed by atoms with Crippen molar-refractivity contribution < 1.29 is 37.5 Å². The number of hydrogen-bond acceptors (Lipinski definition) is 16. The van der Waals surface area contributed by atoms with Crippen molar-refractivity contribution in [1.29, 1.82) is 0 Å². The number of amides is 4. The maximum absolute atomic E-state index is 14.0. The first kappa shape index (κ1) is 64.5. The van der Waals surface area contributed by atoms with Crippen LogP contribution in [-0.4, -0.2) is 139 Å². The zero-order valence-electron chi connectivity index (χ0n) is 51.5. The number of unbranched alkanes of at least 4 members (excludes halogenated alkanes) is 4. The minimum absolute atomic E-state index is 0.00438. The minimum Gasteiger partial charge on any atom is -0.455 e. The van der Waals surface area contributed by atoms with Gasteiger partial charge in [0.15, 0.2) is 0 Å². The topological polar surface area (TPSA) is 242 Å². The van der Waals surface area contributed by atoms with E-state index in [1.807, 2.05) is 30.3 Å². The average molecular weight is 1280 g/mol. The Bertz CT molecular complexity index is 3700. The fourth-order valence-electron chi connectivity index (χ4n) is 13.4. The maximum atomic E-state index is 14.0. The number of benzene rings is 4. The van der Waals surface area contributed by atoms with Crippen LogP contribution in [0, 0.1) is 11.3 Å². The second kappa shape index (κ2) is 29.5. The molecule has 5 aliphatic rings. The van der Waals surface area contributed by atoms with Gasteiger partial charge in [0, 0.05) is 110 Å². The molecule has 4 aromatic carbocycles. The first-order chi connectivity index (χ1) is 43.6. The molecule has 3 aliphatic heterocycles. The van der Waals surface area contributed by atoms with Gasteiger partial charge in [0.1, 0.15) is 23.2 Å². The summed E-state index contributed by atoms with van der Waals surface area (Å²) in [5.74, 6) is 0.207. The van der Waals surface area contributed by atoms with E-state index in [0.717, 1.165) is 117 Å². The van der Waals surface area contributed by atoms with E-state index in [0.29, 0.717) is 72.9 Å². The first-order valence-corrected chi connectivity index (χ1v) is 34.8. The molecule has 90 heavy (non-hydrogen) atoms. The van der Waals surface area contributed by atoms with Crippen LogP contribution in [0.3, 0.4) is 0 Å². The standard InChI is InChI=1S/C68H84ClN11O8S2/c1-68(2)27-25-48(56(40-68)46-13-15-49(69)16-14-46)42-70-29-30-71-50-17-21-55(61(38-50)88-52-37-47-26-28-72-64(47)74-43-52)65(82)77-90(86,87)53-20-22-58(59(39-53)76-85)73-41-45-11-18-51(19-12-45)79-34-32-78(33-35-79)31-6-4-3-5-7-36-89-62-10-8-9-54-57(62)44-80(67(54)84)60-23-24-63(81)75-66(60)83/h8-10,13-17,20-22,26,28,37-39,43,45,51,60,70-71,73,76,85H,3-7,11-12,18-19,23-25,27,29-36,40-42,44H2,1-2H3,(H,72,74)(H,77,82)(H,75,81,83)/t45-,51-,60?. The Morgan fingerprint density at radius 3 is 2.46 bits per heavy atom. The molecule has 0 radical (unpaired) electrons. The molecule has 1 saturated carbocycles. The Morgan fingerprint density at radius 1 is 0.856 bits per heavy atom. The van der Waals surface area contributed by atoms with E-state index in [2.05, 4.69) is 83.3 Å². The third-order valence-electron chi connectivity index (χ3n) is 18.6. The van der Waals surface area contributed by atoms with Gasteiger partial charge in [-0.3, -0.25) is 40.1 Å². The number of carbonyl (C=O) groups is 4. The molecule has 0 spiro atoms. The van der Waals surface area contributed by atoms with E-state index in [1.165, 1.54) is 66.8 Å². The molecule has 1 atom stereocenters. The lowest BCUT2D eigenvalue weighted by Crippen LogP contribution is -2.52. The van der Waals surface area contributed by atoms with Gasteiger partial charge in [0.05, 0.1) is 28.0 Å². The Hall–Kier alpha value is -6.98. The first-order valence-electron chi connectivity index (χ1n) is 31.9. The zero-order valence-corrected chi connectivity index (χ0v) is 53.9. The highest BCUT2D eigenvalue weighted by molar-refractivity contribution is 7.99. The van der Waals surface area contributed by atoms with Gasteiger partial charge in [0.2, 0.25) is 11.8 Å². The second-order valence-corrected chi connectivity index (χ2v) is 28.7. The van der Waals surface area contributed by atoms with Crippen LogP contribution in [0.5, 0.6) is 11.5 Å². The molecule has 478 valence electrons. The largest absolute Gasteiger partial charge is 0.455 e. The third-order valence-corrected chi connectivity index (χ3v) is 21.3. The van der Waals surface area contributed by atoms with Crippen LogP contribution >= 0.6 is 23.4 Å². The number of piperazine rings is 1. The van der Waals surface area contributed by atoms with E-state index in [4.69, 9.17) is 16.3 Å². The van der Waals surface area contributed by atoms with Crippen LogP contribution in [0.25, 0.3) is 16.6 Å². The van der Waals surface area contributed by atoms with Crippen molar-refractivity contribution in [2.75, 3.05) is 80.8 Å². The predicted molar refractivity (Wildman–Crippen MR) is 355 cm³/mol. The smallest absolute Gasteiger partial charge is 0.268 e. The monoisotopic (exact) mass is 1280 g/mol. The SMILES string of the molecule is CC1(C)CCC(CNCCNc2ccc(C(=O)NS(=O)(=O)c3ccc(NC[C@H]4CC[C@H](N5CCN(CCCCCCCSc6cccc7c6CN(C6CCC(=O)NC6=O)C7=O)CC5)CC4)c(NO)c3)c(Oc3cnc4[nH]ccc4c3)c2)=C(c2ccc(Cl)cc2)C1. The van der Waals surface area contributed by atoms with Gasteiger partial charge in [-0.05, 0) is 171 Å². The Labute approximate surface area is 537 Å². The molecule has 5 heterocycles. The van der Waals surface area contributed by atoms with Crippen LogP contribution < -0.4 is 36.2 Å². The van der Waals surface area contributed by atoms with E-state index < -0.39 is 22.0 Å². The van der Waals surface area contributed by atoms with Crippen LogP contribution in [0.4, 0.5) is 17.1 Å². The highest BCUT2D eigenvalue weighted by atomic mass is 35.5. The molecular weight excluding hydrogens is 1200 g/mol. The van der Waals surface area contributed by atoms with Crippen molar-refractivity contribution in [2.24, 2.45) is 11.3 Å². The number of piperidine rings is 1. The number of imide groups is 1. The molecule has 2 saturated heterocycles. The van der Waals surface area contributed by atoms with E-state index in [1.54, 1.807) is 47.1 Å². The number of thioether (sulfide) groups is 1. The molecule has 11 rings (SSSR count). The summed E-state index contributed by atoms with van der Waals surface area (Å²) >= 11 is 8.02. The van der Waals surface area contributed by atoms with Gasteiger partial charge in [-0.25, -0.2) is 18.1 Å². The molecule has 19 nitrogen and oxygen atoms in total. The number of H-pyrrole nitrogens is 1. The Morgan fingerprint density at radius 2 is 1.66 bits per heavy atom. The van der Waals surface area contributed by atoms with Gasteiger partial charge in [-0.2, -0.15) is 0 Å². The average Bonchev–Trinajstić information content (AvgIpc) is 1.82. The molecule has 6 aromatic rings. The van der Waals surface area contributed by atoms with Gasteiger partial charge < -0.3 is 35.5 Å². The maximum Gasteiger partial charge on any atom is 0.268 e. The molecule has 2 aliphatic carbocycles. The fraction of sp³-hybridized carbons (Fsp3) is 0.456. The predicted octanol–water partition coefficient (Wildman–Crippen LogP) is 11.7. The van der Waals surface area contributed by atoms with Crippen molar-refractivity contribution >= 4 is 90.7 Å². The van der Waals surface area contributed by atoms with E-state index in [-0.39, 0.29) is 51.5 Å². The number of hydrogen-bond donors (Lipinski definition) is 8. The molecule has 8 N–H and O–H groups in total. The van der Waals surface area contributed by atoms with E-state index >= 15 is 0 Å². The van der Waals surface area contributed by atoms with Gasteiger partial charge in [-0.15, -0.1) is 11.8 Å². The van der Waals surface area contributed by atoms with Gasteiger partial charge in [-0.1, -0.05) is 68.5 Å². The number of nitrogens with zero attached hydrogens (tertiary/aromatic N) is 4. The number of anilines is 3. The molecular formula is C68H84ClN11O8S2. The quantitative estimate of drug-likeness (QED) is 0.0103. The number of rotatable bonds is 27. The summed E-state index contributed by atoms with van der Waals surface area (Å²) < 4.78 is 36.4. The van der Waals surface area contributed by atoms with Crippen LogP contribution in [0.1, 0.15) is 136 Å². The highest BCUT2D eigenvalue weighted by Crippen LogP contribution is 2.43. The van der Waals surface area contributed by atoms with Gasteiger partial charge >= 0.3 is 0 Å². The molecule has 1 unspecified atom stereocenters. The summed E-state index contributed by atoms with van der Waals surface area (Å²) in [6.07, 6.45) is 17.3. The summed E-state index contributed by atoms with van der Waals surface area (Å²) in [6.45, 7) is 13.2. The molecule has 3 fully saturated rings. The number of ether oxygens (including phenoxy) is 1. The number of carbonyl (C=O) groups excluding carboxylic acids is 4. The second-order valence-electron chi connectivity index (χ2n) is 25.4. The lowest BCUT2D eigenvalue weighted by Gasteiger charge is -2.42. The number of aromatic nitrogens is 2. The number of nitrogens with one attached hydrogen (secondary N) is 7. The molecule has 2 aromatic heterocycles. The van der Waals surface area contributed by atoms with Crippen LogP contribution in [-0.2, 0) is 26.2 Å². The van der Waals surface area contributed by atoms with Crippen LogP contribution in [0.2, 0.25) is 5.02 Å². The van der Waals surface area contributed by atoms with Crippen molar-refractivity contribution in [3.63, 3.8) is 0 Å². The number of fused-ring (bicyclic) bond motifs is 2. The minimum atomic E-state index is -4.43. The molecule has 0 bridgehead atoms. The number of halogens is 1. The van der Waals surface area contributed by atoms with Crippen LogP contribution in [0.15, 0.2) is 119 Å². The van der Waals surface area contributed by atoms with E-state index in [9.17, 15) is 32.8 Å². The number of sulfonamides is 1. The molecule has 4 amide bonds. The van der Waals surface area contributed by atoms with Crippen molar-refractivity contribution in [3.8, 4) is 11.5 Å². The summed E-state index contributed by atoms with van der Waals surface area (Å²) in [4.78, 5) is 66.8. The van der Waals surface area contributed by atoms with Crippen molar-refractivity contribution in [3.05, 3.63) is 136 Å². The summed E-state index contributed by atoms with van der Waals surface area (Å²) in [5.41, 5.74) is 10.1. The lowest BCUT2D eigenvalue weighted by atomic mass is 9.72. The number of pyridine rings is 1. The van der Waals surface area contributed by atoms with Gasteiger partial charge in [0.25, 0.3) is 21.8 Å². The summed E-state index contributed by atoms with van der Waals surface area (Å²) in [5, 5.41) is 24.6. The van der Waals surface area contributed by atoms with Crippen molar-refractivity contribution in [1.82, 2.24) is 40.0 Å². The third kappa shape index (κ3) is 16.2. The molecule has 22 heteroatoms. The fourth-order valence-corrected chi connectivity index (χ4v) is 15.6. The Balaban J connectivity index is 0.600. The normalized spacial score (nSPS) is 19.8. The summed E-state index contributed by atoms with van der Waals surface area (Å²) in [6, 6.07) is 26.8. The summed E-state index contributed by atoms with van der Waals surface area (Å²) in [7, 11) is -4.43. The number of allylic oxidation sites excluding steroid dienone is 1. The lowest BCUT2D eigenvalue weighted by molar-refractivity contribution is -0.136. The zero-order chi connectivity index (χ0) is 62.8. The van der Waals surface area contributed by atoms with Crippen molar-refractivity contribution in [2.45, 2.75) is 132 Å². The number of aromatic amines is 1. The highest BCUT2D eigenvalue weighted by Gasteiger charge is 2.40. The Kier molecular flexibility index (Phi) is 21.2.